The van der Waals surface area contributed by atoms with Gasteiger partial charge in [0, 0.05) is 37.2 Å². The Labute approximate surface area is 287 Å². The molecule has 0 saturated carbocycles. The molecule has 0 radical (unpaired) electrons. The number of fused-ring (bicyclic) bond motifs is 3. The molecule has 0 amide bonds. The number of aryl methyl sites for hydroxylation is 2. The van der Waals surface area contributed by atoms with E-state index in [1.165, 1.54) is 64.7 Å². The Balaban J connectivity index is 1.24. The Morgan fingerprint density at radius 3 is 1.54 bits per heavy atom. The predicted octanol–water partition coefficient (Wildman–Crippen LogP) is 13.7. The lowest BCUT2D eigenvalue weighted by Crippen LogP contribution is -2.10. The van der Waals surface area contributed by atoms with Crippen molar-refractivity contribution in [1.82, 2.24) is 0 Å². The van der Waals surface area contributed by atoms with Gasteiger partial charge >= 0.3 is 0 Å². The van der Waals surface area contributed by atoms with E-state index in [0.717, 1.165) is 29.9 Å². The smallest absolute Gasteiger partial charge is 0.0464 e. The van der Waals surface area contributed by atoms with Gasteiger partial charge in [-0.3, -0.25) is 0 Å². The maximum absolute atomic E-state index is 2.40. The Bertz CT molecular complexity index is 2250. The molecule has 232 valence electrons. The summed E-state index contributed by atoms with van der Waals surface area (Å²) in [6.07, 6.45) is 1.94. The summed E-state index contributed by atoms with van der Waals surface area (Å²) in [4.78, 5) is 2.39. The standard InChI is InChI=1S/C46H37NS/c1-3-32-31-39(27-28-41(32)42-29-30-45-46(40(42)4-2)43-17-11-12-18-44(43)48-45)47(37-23-19-35(20-24-37)33-13-7-5-8-14-33)38-25-21-36(22-26-38)34-15-9-6-10-16-34/h5-31H,3-4H2,1-2H3. The van der Waals surface area contributed by atoms with Crippen LogP contribution in [0.15, 0.2) is 164 Å². The van der Waals surface area contributed by atoms with Crippen LogP contribution in [0.25, 0.3) is 53.6 Å². The molecule has 1 nitrogen and oxygen atoms in total. The van der Waals surface area contributed by atoms with Crippen LogP contribution in [0.4, 0.5) is 17.1 Å². The highest BCUT2D eigenvalue weighted by molar-refractivity contribution is 7.25. The molecule has 0 saturated heterocycles. The van der Waals surface area contributed by atoms with Crippen molar-refractivity contribution in [2.24, 2.45) is 0 Å². The topological polar surface area (TPSA) is 3.24 Å². The summed E-state index contributed by atoms with van der Waals surface area (Å²) < 4.78 is 2.73. The van der Waals surface area contributed by atoms with Gasteiger partial charge in [-0.2, -0.15) is 0 Å². The summed E-state index contributed by atoms with van der Waals surface area (Å²) in [6, 6.07) is 59.7. The number of thiophene rings is 1. The van der Waals surface area contributed by atoms with Crippen molar-refractivity contribution in [1.29, 1.82) is 0 Å². The van der Waals surface area contributed by atoms with Gasteiger partial charge in [0.1, 0.15) is 0 Å². The van der Waals surface area contributed by atoms with E-state index in [0.29, 0.717) is 0 Å². The minimum absolute atomic E-state index is 0.947. The zero-order chi connectivity index (χ0) is 32.5. The Morgan fingerprint density at radius 2 is 0.958 bits per heavy atom. The Kier molecular flexibility index (Phi) is 8.10. The summed E-state index contributed by atoms with van der Waals surface area (Å²) in [5, 5.41) is 2.79. The third-order valence-electron chi connectivity index (χ3n) is 9.49. The molecule has 0 spiro atoms. The minimum atomic E-state index is 0.947. The molecule has 1 heterocycles. The molecule has 0 unspecified atom stereocenters. The van der Waals surface area contributed by atoms with Crippen molar-refractivity contribution in [2.75, 3.05) is 4.90 Å². The van der Waals surface area contributed by atoms with Crippen LogP contribution in [0.5, 0.6) is 0 Å². The second kappa shape index (κ2) is 13.0. The molecular weight excluding hydrogens is 599 g/mol. The number of rotatable bonds is 8. The van der Waals surface area contributed by atoms with Crippen molar-refractivity contribution in [2.45, 2.75) is 26.7 Å². The first-order valence-corrected chi connectivity index (χ1v) is 17.7. The fraction of sp³-hybridized carbons (Fsp3) is 0.0870. The number of anilines is 3. The van der Waals surface area contributed by atoms with Gasteiger partial charge in [-0.15, -0.1) is 11.3 Å². The SMILES string of the molecule is CCc1cc(N(c2ccc(-c3ccccc3)cc2)c2ccc(-c3ccccc3)cc2)ccc1-c1ccc2sc3ccccc3c2c1CC. The van der Waals surface area contributed by atoms with E-state index in [-0.39, 0.29) is 0 Å². The minimum Gasteiger partial charge on any atom is -0.310 e. The molecule has 0 N–H and O–H groups in total. The van der Waals surface area contributed by atoms with E-state index >= 15 is 0 Å². The van der Waals surface area contributed by atoms with Crippen molar-refractivity contribution in [3.8, 4) is 33.4 Å². The van der Waals surface area contributed by atoms with Crippen LogP contribution in [-0.2, 0) is 12.8 Å². The number of hydrogen-bond donors (Lipinski definition) is 0. The van der Waals surface area contributed by atoms with Crippen molar-refractivity contribution >= 4 is 48.6 Å². The van der Waals surface area contributed by atoms with Gasteiger partial charge in [0.15, 0.2) is 0 Å². The normalized spacial score (nSPS) is 11.3. The first-order valence-electron chi connectivity index (χ1n) is 16.9. The van der Waals surface area contributed by atoms with Crippen LogP contribution in [-0.4, -0.2) is 0 Å². The largest absolute Gasteiger partial charge is 0.310 e. The summed E-state index contributed by atoms with van der Waals surface area (Å²) in [5.74, 6) is 0. The molecule has 1 aromatic heterocycles. The van der Waals surface area contributed by atoms with E-state index in [9.17, 15) is 0 Å². The number of nitrogens with zero attached hydrogens (tertiary/aromatic N) is 1. The molecular formula is C46H37NS. The quantitative estimate of drug-likeness (QED) is 0.161. The van der Waals surface area contributed by atoms with Crippen molar-refractivity contribution in [3.63, 3.8) is 0 Å². The van der Waals surface area contributed by atoms with Gasteiger partial charge < -0.3 is 4.90 Å². The molecule has 0 aliphatic heterocycles. The number of hydrogen-bond acceptors (Lipinski definition) is 2. The third-order valence-corrected chi connectivity index (χ3v) is 10.6. The van der Waals surface area contributed by atoms with Crippen LogP contribution in [0.3, 0.4) is 0 Å². The van der Waals surface area contributed by atoms with Gasteiger partial charge in [-0.05, 0) is 106 Å². The molecule has 8 aromatic rings. The van der Waals surface area contributed by atoms with Crippen LogP contribution in [0.2, 0.25) is 0 Å². The summed E-state index contributed by atoms with van der Waals surface area (Å²) in [7, 11) is 0. The van der Waals surface area contributed by atoms with Crippen molar-refractivity contribution in [3.05, 3.63) is 175 Å². The fourth-order valence-corrected chi connectivity index (χ4v) is 8.23. The lowest BCUT2D eigenvalue weighted by molar-refractivity contribution is 1.12. The summed E-state index contributed by atoms with van der Waals surface area (Å²) >= 11 is 1.90. The average Bonchev–Trinajstić information content (AvgIpc) is 3.55. The lowest BCUT2D eigenvalue weighted by atomic mass is 9.90. The molecule has 0 aliphatic carbocycles. The maximum Gasteiger partial charge on any atom is 0.0464 e. The average molecular weight is 636 g/mol. The van der Waals surface area contributed by atoms with Gasteiger partial charge in [0.25, 0.3) is 0 Å². The van der Waals surface area contributed by atoms with Crippen LogP contribution in [0.1, 0.15) is 25.0 Å². The van der Waals surface area contributed by atoms with E-state index in [1.54, 1.807) is 0 Å². The van der Waals surface area contributed by atoms with Crippen LogP contribution in [0, 0.1) is 0 Å². The van der Waals surface area contributed by atoms with Gasteiger partial charge in [0.2, 0.25) is 0 Å². The molecule has 0 atom stereocenters. The molecule has 8 rings (SSSR count). The van der Waals surface area contributed by atoms with Crippen molar-refractivity contribution < 1.29 is 0 Å². The van der Waals surface area contributed by atoms with Gasteiger partial charge in [-0.25, -0.2) is 0 Å². The van der Waals surface area contributed by atoms with Crippen LogP contribution < -0.4 is 4.90 Å². The molecule has 0 fully saturated rings. The third kappa shape index (κ3) is 5.49. The molecule has 2 heteroatoms. The highest BCUT2D eigenvalue weighted by Crippen LogP contribution is 2.43. The monoisotopic (exact) mass is 635 g/mol. The zero-order valence-electron chi connectivity index (χ0n) is 27.4. The van der Waals surface area contributed by atoms with Gasteiger partial charge in [-0.1, -0.05) is 129 Å². The summed E-state index contributed by atoms with van der Waals surface area (Å²) in [6.45, 7) is 4.57. The zero-order valence-corrected chi connectivity index (χ0v) is 28.2. The maximum atomic E-state index is 2.40. The lowest BCUT2D eigenvalue weighted by Gasteiger charge is -2.27. The number of benzene rings is 7. The Hall–Kier alpha value is -5.44. The molecule has 7 aromatic carbocycles. The van der Waals surface area contributed by atoms with E-state index in [4.69, 9.17) is 0 Å². The van der Waals surface area contributed by atoms with E-state index < -0.39 is 0 Å². The second-order valence-electron chi connectivity index (χ2n) is 12.3. The fourth-order valence-electron chi connectivity index (χ4n) is 7.10. The first-order chi connectivity index (χ1) is 23.7. The molecule has 0 bridgehead atoms. The van der Waals surface area contributed by atoms with E-state index in [2.05, 4.69) is 183 Å². The van der Waals surface area contributed by atoms with Gasteiger partial charge in [0.05, 0.1) is 0 Å². The first kappa shape index (κ1) is 29.9. The molecule has 0 aliphatic rings. The predicted molar refractivity (Wildman–Crippen MR) is 209 cm³/mol. The molecule has 48 heavy (non-hydrogen) atoms. The highest BCUT2D eigenvalue weighted by Gasteiger charge is 2.18. The summed E-state index contributed by atoms with van der Waals surface area (Å²) in [5.41, 5.74) is 13.8. The van der Waals surface area contributed by atoms with Crippen LogP contribution >= 0.6 is 11.3 Å². The highest BCUT2D eigenvalue weighted by atomic mass is 32.1. The van der Waals surface area contributed by atoms with E-state index in [1.807, 2.05) is 11.3 Å². The Morgan fingerprint density at radius 1 is 0.438 bits per heavy atom. The second-order valence-corrected chi connectivity index (χ2v) is 13.4.